The summed E-state index contributed by atoms with van der Waals surface area (Å²) in [5, 5.41) is 3.59. The number of nitrogens with one attached hydrogen (secondary N) is 1. The molecule has 1 N–H and O–H groups in total. The van der Waals surface area contributed by atoms with Crippen LogP contribution in [0.5, 0.6) is 0 Å². The molecule has 0 atom stereocenters. The third-order valence-electron chi connectivity index (χ3n) is 3.95. The lowest BCUT2D eigenvalue weighted by molar-refractivity contribution is 0.0812. The number of halogens is 2. The van der Waals surface area contributed by atoms with Gasteiger partial charge in [-0.25, -0.2) is 0 Å². The summed E-state index contributed by atoms with van der Waals surface area (Å²) in [6, 6.07) is 5.57. The molecule has 1 amide bonds. The third kappa shape index (κ3) is 4.44. The van der Waals surface area contributed by atoms with E-state index in [0.29, 0.717) is 10.6 Å². The Morgan fingerprint density at radius 3 is 2.52 bits per heavy atom. The van der Waals surface area contributed by atoms with Gasteiger partial charge in [-0.1, -0.05) is 27.5 Å². The van der Waals surface area contributed by atoms with Crippen LogP contribution in [0.25, 0.3) is 0 Å². The first-order valence-electron chi connectivity index (χ1n) is 7.28. The molecule has 0 spiro atoms. The second-order valence-electron chi connectivity index (χ2n) is 6.53. The van der Waals surface area contributed by atoms with Crippen molar-refractivity contribution in [1.82, 2.24) is 10.2 Å². The highest BCUT2D eigenvalue weighted by molar-refractivity contribution is 9.10. The van der Waals surface area contributed by atoms with Gasteiger partial charge in [0.1, 0.15) is 0 Å². The lowest BCUT2D eigenvalue weighted by atomic mass is 9.98. The number of amides is 1. The van der Waals surface area contributed by atoms with E-state index >= 15 is 0 Å². The highest BCUT2D eigenvalue weighted by Gasteiger charge is 2.27. The number of nitrogens with zero attached hydrogens (tertiary/aromatic N) is 1. The van der Waals surface area contributed by atoms with E-state index in [9.17, 15) is 4.79 Å². The molecule has 0 radical (unpaired) electrons. The smallest absolute Gasteiger partial charge is 0.253 e. The summed E-state index contributed by atoms with van der Waals surface area (Å²) >= 11 is 9.48. The van der Waals surface area contributed by atoms with Gasteiger partial charge in [-0.15, -0.1) is 0 Å². The van der Waals surface area contributed by atoms with E-state index in [2.05, 4.69) is 46.9 Å². The van der Waals surface area contributed by atoms with E-state index in [1.165, 1.54) is 0 Å². The molecule has 0 aromatic heterocycles. The van der Waals surface area contributed by atoms with Crippen molar-refractivity contribution >= 4 is 33.4 Å². The van der Waals surface area contributed by atoms with Crippen LogP contribution in [0.15, 0.2) is 22.7 Å². The van der Waals surface area contributed by atoms with Gasteiger partial charge in [0.25, 0.3) is 5.91 Å². The molecule has 1 aromatic carbocycles. The number of piperidine rings is 1. The molecule has 0 unspecified atom stereocenters. The second kappa shape index (κ2) is 6.67. The predicted octanol–water partition coefficient (Wildman–Crippen LogP) is 4.10. The van der Waals surface area contributed by atoms with Crippen molar-refractivity contribution in [1.29, 1.82) is 0 Å². The molecule has 0 aliphatic carbocycles. The van der Waals surface area contributed by atoms with Crippen LogP contribution >= 0.6 is 27.5 Å². The monoisotopic (exact) mass is 372 g/mol. The predicted molar refractivity (Wildman–Crippen MR) is 91.0 cm³/mol. The number of carbonyl (C=O) groups excluding carboxylic acids is 1. The topological polar surface area (TPSA) is 32.3 Å². The van der Waals surface area contributed by atoms with Gasteiger partial charge in [-0.05, 0) is 51.8 Å². The molecule has 1 aromatic rings. The molecule has 1 heterocycles. The van der Waals surface area contributed by atoms with Crippen LogP contribution in [0.2, 0.25) is 5.02 Å². The Morgan fingerprint density at radius 2 is 1.95 bits per heavy atom. The quantitative estimate of drug-likeness (QED) is 0.846. The van der Waals surface area contributed by atoms with E-state index in [0.717, 1.165) is 30.4 Å². The van der Waals surface area contributed by atoms with Gasteiger partial charge in [0.15, 0.2) is 0 Å². The molecule has 0 saturated carbocycles. The Kier molecular flexibility index (Phi) is 5.33. The minimum atomic E-state index is -0.0875. The summed E-state index contributed by atoms with van der Waals surface area (Å²) in [6.07, 6.45) is 1.96. The van der Waals surface area contributed by atoms with Gasteiger partial charge in [0.2, 0.25) is 0 Å². The highest BCUT2D eigenvalue weighted by Crippen LogP contribution is 2.23. The summed E-state index contributed by atoms with van der Waals surface area (Å²) < 4.78 is 0.861. The number of carbonyl (C=O) groups is 1. The van der Waals surface area contributed by atoms with Gasteiger partial charge in [-0.3, -0.25) is 9.69 Å². The van der Waals surface area contributed by atoms with E-state index < -0.39 is 0 Å². The fourth-order valence-electron chi connectivity index (χ4n) is 2.63. The van der Waals surface area contributed by atoms with E-state index in [-0.39, 0.29) is 17.5 Å². The molecular weight excluding hydrogens is 352 g/mol. The lowest BCUT2D eigenvalue weighted by Gasteiger charge is -2.41. The number of benzene rings is 1. The van der Waals surface area contributed by atoms with Crippen LogP contribution in [0, 0.1) is 0 Å². The average Bonchev–Trinajstić information content (AvgIpc) is 2.41. The molecular formula is C16H22BrClN2O. The van der Waals surface area contributed by atoms with Crippen molar-refractivity contribution < 1.29 is 4.79 Å². The standard InChI is InChI=1S/C16H22BrClN2O/c1-16(2,3)20-8-6-12(7-9-20)19-15(21)13-10-11(17)4-5-14(13)18/h4-5,10,12H,6-9H2,1-3H3,(H,19,21). The summed E-state index contributed by atoms with van der Waals surface area (Å²) in [4.78, 5) is 14.8. The maximum atomic E-state index is 12.3. The highest BCUT2D eigenvalue weighted by atomic mass is 79.9. The van der Waals surface area contributed by atoms with Crippen molar-refractivity contribution in [2.24, 2.45) is 0 Å². The third-order valence-corrected chi connectivity index (χ3v) is 4.77. The maximum Gasteiger partial charge on any atom is 0.253 e. The first-order valence-corrected chi connectivity index (χ1v) is 8.45. The van der Waals surface area contributed by atoms with E-state index in [1.54, 1.807) is 12.1 Å². The summed E-state index contributed by atoms with van der Waals surface area (Å²) in [7, 11) is 0. The molecule has 116 valence electrons. The molecule has 0 bridgehead atoms. The zero-order valence-corrected chi connectivity index (χ0v) is 15.1. The Hall–Kier alpha value is -0.580. The van der Waals surface area contributed by atoms with Gasteiger partial charge in [0.05, 0.1) is 10.6 Å². The zero-order valence-electron chi connectivity index (χ0n) is 12.7. The van der Waals surface area contributed by atoms with Crippen molar-refractivity contribution in [3.05, 3.63) is 33.3 Å². The van der Waals surface area contributed by atoms with Crippen molar-refractivity contribution in [2.75, 3.05) is 13.1 Å². The van der Waals surface area contributed by atoms with Gasteiger partial charge < -0.3 is 5.32 Å². The molecule has 21 heavy (non-hydrogen) atoms. The lowest BCUT2D eigenvalue weighted by Crippen LogP contribution is -2.50. The molecule has 1 saturated heterocycles. The number of likely N-dealkylation sites (tertiary alicyclic amines) is 1. The SMILES string of the molecule is CC(C)(C)N1CCC(NC(=O)c2cc(Br)ccc2Cl)CC1. The van der Waals surface area contributed by atoms with E-state index in [4.69, 9.17) is 11.6 Å². The number of hydrogen-bond donors (Lipinski definition) is 1. The van der Waals surface area contributed by atoms with Crippen LogP contribution in [-0.4, -0.2) is 35.5 Å². The Balaban J connectivity index is 1.94. The van der Waals surface area contributed by atoms with Crippen LogP contribution in [-0.2, 0) is 0 Å². The molecule has 1 aliphatic rings. The first kappa shape index (κ1) is 16.8. The molecule has 1 aliphatic heterocycles. The summed E-state index contributed by atoms with van der Waals surface area (Å²) in [5.74, 6) is -0.0875. The largest absolute Gasteiger partial charge is 0.349 e. The molecule has 2 rings (SSSR count). The average molecular weight is 374 g/mol. The van der Waals surface area contributed by atoms with Crippen LogP contribution < -0.4 is 5.32 Å². The van der Waals surface area contributed by atoms with Crippen molar-refractivity contribution in [2.45, 2.75) is 45.2 Å². The number of hydrogen-bond acceptors (Lipinski definition) is 2. The summed E-state index contributed by atoms with van der Waals surface area (Å²) in [6.45, 7) is 8.72. The van der Waals surface area contributed by atoms with Crippen molar-refractivity contribution in [3.8, 4) is 0 Å². The Morgan fingerprint density at radius 1 is 1.33 bits per heavy atom. The van der Waals surface area contributed by atoms with Gasteiger partial charge >= 0.3 is 0 Å². The number of rotatable bonds is 2. The van der Waals surface area contributed by atoms with Crippen LogP contribution in [0.1, 0.15) is 44.0 Å². The Labute approximate surface area is 140 Å². The minimum absolute atomic E-state index is 0.0875. The molecule has 3 nitrogen and oxygen atoms in total. The van der Waals surface area contributed by atoms with Gasteiger partial charge in [0, 0.05) is 29.1 Å². The van der Waals surface area contributed by atoms with Gasteiger partial charge in [-0.2, -0.15) is 0 Å². The summed E-state index contributed by atoms with van der Waals surface area (Å²) in [5.41, 5.74) is 0.729. The van der Waals surface area contributed by atoms with Crippen LogP contribution in [0.3, 0.4) is 0 Å². The fraction of sp³-hybridized carbons (Fsp3) is 0.562. The Bertz CT molecular complexity index is 519. The normalized spacial score (nSPS) is 17.8. The maximum absolute atomic E-state index is 12.3. The molecule has 1 fully saturated rings. The van der Waals surface area contributed by atoms with E-state index in [1.807, 2.05) is 6.07 Å². The molecule has 5 heteroatoms. The fourth-order valence-corrected chi connectivity index (χ4v) is 3.19. The second-order valence-corrected chi connectivity index (χ2v) is 7.85. The first-order chi connectivity index (χ1) is 9.77. The zero-order chi connectivity index (χ0) is 15.6. The minimum Gasteiger partial charge on any atom is -0.349 e. The van der Waals surface area contributed by atoms with Crippen molar-refractivity contribution in [3.63, 3.8) is 0 Å². The van der Waals surface area contributed by atoms with Crippen LogP contribution in [0.4, 0.5) is 0 Å².